The topological polar surface area (TPSA) is 32.6 Å². The van der Waals surface area contributed by atoms with Gasteiger partial charge in [-0.2, -0.15) is 0 Å². The summed E-state index contributed by atoms with van der Waals surface area (Å²) in [6.07, 6.45) is 2.09. The zero-order chi connectivity index (χ0) is 19.3. The zero-order valence-corrected chi connectivity index (χ0v) is 16.4. The van der Waals surface area contributed by atoms with Crippen molar-refractivity contribution in [1.29, 1.82) is 0 Å². The zero-order valence-electron chi connectivity index (χ0n) is 16.4. The number of rotatable bonds is 7. The van der Waals surface area contributed by atoms with Crippen LogP contribution in [-0.2, 0) is 6.54 Å². The maximum absolute atomic E-state index is 4.91. The van der Waals surface area contributed by atoms with Crippen molar-refractivity contribution in [3.63, 3.8) is 0 Å². The third-order valence-corrected chi connectivity index (χ3v) is 4.94. The summed E-state index contributed by atoms with van der Waals surface area (Å²) in [6.45, 7) is 1.67. The second kappa shape index (κ2) is 8.38. The first-order chi connectivity index (χ1) is 13.7. The van der Waals surface area contributed by atoms with Crippen LogP contribution in [-0.4, -0.2) is 34.9 Å². The normalized spacial score (nSPS) is 12.5. The van der Waals surface area contributed by atoms with E-state index in [1.807, 2.05) is 12.1 Å². The van der Waals surface area contributed by atoms with Gasteiger partial charge in [0.2, 0.25) is 0 Å². The Morgan fingerprint density at radius 2 is 1.57 bits per heavy atom. The van der Waals surface area contributed by atoms with E-state index in [2.05, 4.69) is 102 Å². The number of aromatic nitrogens is 2. The molecule has 0 radical (unpaired) electrons. The molecule has 28 heavy (non-hydrogen) atoms. The van der Waals surface area contributed by atoms with Crippen molar-refractivity contribution in [2.45, 2.75) is 12.6 Å². The summed E-state index contributed by atoms with van der Waals surface area (Å²) in [7, 11) is 4.22. The van der Waals surface area contributed by atoms with Crippen LogP contribution in [0, 0.1) is 0 Å². The number of benzene rings is 2. The van der Waals surface area contributed by atoms with E-state index in [4.69, 9.17) is 4.98 Å². The first-order valence-corrected chi connectivity index (χ1v) is 9.67. The number of pyridine rings is 1. The molecule has 1 N–H and O–H groups in total. The highest BCUT2D eigenvalue weighted by atomic mass is 15.1. The predicted molar refractivity (Wildman–Crippen MR) is 115 cm³/mol. The van der Waals surface area contributed by atoms with Crippen LogP contribution in [0.1, 0.15) is 17.3 Å². The molecular formula is C24H26N4. The first-order valence-electron chi connectivity index (χ1n) is 9.67. The number of fused-ring (bicyclic) bond motifs is 1. The number of nitrogens with zero attached hydrogens (tertiary/aromatic N) is 3. The quantitative estimate of drug-likeness (QED) is 0.524. The lowest BCUT2D eigenvalue weighted by Gasteiger charge is -2.23. The van der Waals surface area contributed by atoms with Crippen molar-refractivity contribution in [2.75, 3.05) is 20.6 Å². The highest BCUT2D eigenvalue weighted by Gasteiger charge is 2.17. The van der Waals surface area contributed by atoms with Crippen molar-refractivity contribution in [2.24, 2.45) is 0 Å². The van der Waals surface area contributed by atoms with Crippen LogP contribution in [0.3, 0.4) is 0 Å². The molecular weight excluding hydrogens is 344 g/mol. The smallest absolute Gasteiger partial charge is 0.137 e. The summed E-state index contributed by atoms with van der Waals surface area (Å²) in [6, 6.07) is 27.5. The highest BCUT2D eigenvalue weighted by Crippen LogP contribution is 2.25. The van der Waals surface area contributed by atoms with Crippen LogP contribution in [0.15, 0.2) is 85.1 Å². The largest absolute Gasteiger partial charge is 0.308 e. The fourth-order valence-electron chi connectivity index (χ4n) is 3.60. The van der Waals surface area contributed by atoms with Gasteiger partial charge in [-0.3, -0.25) is 0 Å². The van der Waals surface area contributed by atoms with Gasteiger partial charge in [0.1, 0.15) is 5.65 Å². The van der Waals surface area contributed by atoms with Crippen molar-refractivity contribution in [1.82, 2.24) is 19.6 Å². The molecule has 0 aliphatic carbocycles. The second-order valence-corrected chi connectivity index (χ2v) is 7.31. The summed E-state index contributed by atoms with van der Waals surface area (Å²) >= 11 is 0. The van der Waals surface area contributed by atoms with E-state index < -0.39 is 0 Å². The van der Waals surface area contributed by atoms with Crippen LogP contribution in [0.25, 0.3) is 16.9 Å². The van der Waals surface area contributed by atoms with Gasteiger partial charge in [-0.25, -0.2) is 4.98 Å². The van der Waals surface area contributed by atoms with Gasteiger partial charge in [-0.15, -0.1) is 0 Å². The van der Waals surface area contributed by atoms with Gasteiger partial charge in [0.05, 0.1) is 11.4 Å². The van der Waals surface area contributed by atoms with Gasteiger partial charge in [0.25, 0.3) is 0 Å². The van der Waals surface area contributed by atoms with E-state index in [1.54, 1.807) is 0 Å². The third-order valence-electron chi connectivity index (χ3n) is 4.94. The molecule has 0 bridgehead atoms. The van der Waals surface area contributed by atoms with Gasteiger partial charge in [-0.05, 0) is 31.8 Å². The van der Waals surface area contributed by atoms with Crippen LogP contribution in [0.2, 0.25) is 0 Å². The van der Waals surface area contributed by atoms with E-state index in [-0.39, 0.29) is 6.04 Å². The van der Waals surface area contributed by atoms with Crippen molar-refractivity contribution >= 4 is 5.65 Å². The first kappa shape index (κ1) is 18.4. The summed E-state index contributed by atoms with van der Waals surface area (Å²) < 4.78 is 2.19. The van der Waals surface area contributed by atoms with E-state index in [1.165, 1.54) is 11.3 Å². The van der Waals surface area contributed by atoms with Gasteiger partial charge in [0.15, 0.2) is 0 Å². The number of hydrogen-bond donors (Lipinski definition) is 1. The van der Waals surface area contributed by atoms with Crippen LogP contribution < -0.4 is 5.32 Å². The summed E-state index contributed by atoms with van der Waals surface area (Å²) in [5, 5.41) is 3.77. The Hall–Kier alpha value is -2.95. The summed E-state index contributed by atoms with van der Waals surface area (Å²) in [5.74, 6) is 0. The van der Waals surface area contributed by atoms with Crippen LogP contribution in [0.5, 0.6) is 0 Å². The van der Waals surface area contributed by atoms with Gasteiger partial charge < -0.3 is 14.6 Å². The molecule has 1 atom stereocenters. The van der Waals surface area contributed by atoms with Gasteiger partial charge in [0, 0.05) is 30.9 Å². The molecule has 4 heteroatoms. The lowest BCUT2D eigenvalue weighted by Crippen LogP contribution is -2.31. The third kappa shape index (κ3) is 3.98. The average molecular weight is 371 g/mol. The Balaban J connectivity index is 1.68. The van der Waals surface area contributed by atoms with Crippen LogP contribution in [0.4, 0.5) is 0 Å². The molecule has 0 amide bonds. The molecule has 4 rings (SSSR count). The fourth-order valence-corrected chi connectivity index (χ4v) is 3.60. The molecule has 2 aromatic carbocycles. The Labute approximate surface area is 166 Å². The molecule has 0 spiro atoms. The molecule has 0 unspecified atom stereocenters. The molecule has 0 aliphatic rings. The Bertz CT molecular complexity index is 1020. The van der Waals surface area contributed by atoms with E-state index in [9.17, 15) is 0 Å². The molecule has 0 aliphatic heterocycles. The Kier molecular flexibility index (Phi) is 5.51. The van der Waals surface area contributed by atoms with Crippen molar-refractivity contribution < 1.29 is 0 Å². The fraction of sp³-hybridized carbons (Fsp3) is 0.208. The maximum atomic E-state index is 4.91. The van der Waals surface area contributed by atoms with Crippen molar-refractivity contribution in [3.05, 3.63) is 96.3 Å². The lowest BCUT2D eigenvalue weighted by atomic mass is 10.1. The molecule has 0 saturated heterocycles. The number of nitrogens with one attached hydrogen (secondary N) is 1. The van der Waals surface area contributed by atoms with Crippen molar-refractivity contribution in [3.8, 4) is 11.3 Å². The number of likely N-dealkylation sites (N-methyl/N-ethyl adjacent to an activating group) is 1. The number of hydrogen-bond acceptors (Lipinski definition) is 3. The molecule has 0 fully saturated rings. The molecule has 0 saturated carbocycles. The van der Waals surface area contributed by atoms with Crippen LogP contribution >= 0.6 is 0 Å². The van der Waals surface area contributed by atoms with Gasteiger partial charge >= 0.3 is 0 Å². The molecule has 4 nitrogen and oxygen atoms in total. The Morgan fingerprint density at radius 1 is 0.893 bits per heavy atom. The predicted octanol–water partition coefficient (Wildman–Crippen LogP) is 4.39. The molecule has 4 aromatic rings. The van der Waals surface area contributed by atoms with E-state index in [0.29, 0.717) is 0 Å². The summed E-state index contributed by atoms with van der Waals surface area (Å²) in [4.78, 5) is 7.13. The van der Waals surface area contributed by atoms with Gasteiger partial charge in [-0.1, -0.05) is 66.7 Å². The minimum absolute atomic E-state index is 0.245. The van der Waals surface area contributed by atoms with E-state index in [0.717, 1.165) is 30.0 Å². The highest BCUT2D eigenvalue weighted by molar-refractivity contribution is 5.66. The summed E-state index contributed by atoms with van der Waals surface area (Å²) in [5.41, 5.74) is 5.64. The maximum Gasteiger partial charge on any atom is 0.137 e. The molecule has 2 aromatic heterocycles. The minimum atomic E-state index is 0.245. The second-order valence-electron chi connectivity index (χ2n) is 7.31. The van der Waals surface area contributed by atoms with E-state index >= 15 is 0 Å². The number of imidazole rings is 1. The lowest BCUT2D eigenvalue weighted by molar-refractivity contribution is 0.340. The Morgan fingerprint density at radius 3 is 2.29 bits per heavy atom. The molecule has 142 valence electrons. The minimum Gasteiger partial charge on any atom is -0.308 e. The SMILES string of the molecule is CN(C)C[C@@H](NCc1c(-c2ccccc2)nc2ccccn12)c1ccccc1. The monoisotopic (exact) mass is 370 g/mol. The molecule has 2 heterocycles. The average Bonchev–Trinajstić information content (AvgIpc) is 3.11. The standard InChI is InChI=1S/C24H26N4/c1-27(2)18-21(19-11-5-3-6-12-19)25-17-22-24(20-13-7-4-8-14-20)26-23-15-9-10-16-28(22)23/h3-16,21,25H,17-18H2,1-2H3/t21-/m1/s1.